The minimum Gasteiger partial charge on any atom is -0.370 e. The van der Waals surface area contributed by atoms with Gasteiger partial charge in [0.1, 0.15) is 12.4 Å². The molecule has 0 aliphatic heterocycles. The Labute approximate surface area is 138 Å². The van der Waals surface area contributed by atoms with Crippen LogP contribution in [0.3, 0.4) is 0 Å². The van der Waals surface area contributed by atoms with Crippen LogP contribution in [0.25, 0.3) is 0 Å². The van der Waals surface area contributed by atoms with E-state index in [4.69, 9.17) is 5.73 Å². The van der Waals surface area contributed by atoms with Crippen molar-refractivity contribution in [3.05, 3.63) is 18.2 Å². The zero-order valence-electron chi connectivity index (χ0n) is 12.4. The van der Waals surface area contributed by atoms with Crippen LogP contribution in [0.15, 0.2) is 17.4 Å². The maximum Gasteiger partial charge on any atom is 0.189 e. The summed E-state index contributed by atoms with van der Waals surface area (Å²) in [6, 6.07) is 0.513. The van der Waals surface area contributed by atoms with Crippen molar-refractivity contribution in [2.75, 3.05) is 0 Å². The molecule has 20 heavy (non-hydrogen) atoms. The second kappa shape index (κ2) is 8.49. The minimum absolute atomic E-state index is 0. The maximum absolute atomic E-state index is 5.92. The van der Waals surface area contributed by atoms with Crippen LogP contribution in [-0.4, -0.2) is 21.6 Å². The smallest absolute Gasteiger partial charge is 0.189 e. The van der Waals surface area contributed by atoms with Crippen LogP contribution in [-0.2, 0) is 13.1 Å². The van der Waals surface area contributed by atoms with Crippen molar-refractivity contribution < 1.29 is 0 Å². The molecule has 2 rings (SSSR count). The summed E-state index contributed by atoms with van der Waals surface area (Å²) in [6.45, 7) is 5.91. The highest BCUT2D eigenvalue weighted by atomic mass is 127. The van der Waals surface area contributed by atoms with Gasteiger partial charge in [-0.25, -0.2) is 9.98 Å². The highest BCUT2D eigenvalue weighted by Crippen LogP contribution is 2.17. The van der Waals surface area contributed by atoms with Crippen LogP contribution in [0.4, 0.5) is 0 Å². The molecule has 1 saturated carbocycles. The first-order chi connectivity index (χ1) is 9.15. The molecular formula is C14H26IN5. The number of nitrogens with one attached hydrogen (secondary N) is 1. The van der Waals surface area contributed by atoms with Crippen molar-refractivity contribution in [2.45, 2.75) is 58.7 Å². The molecule has 114 valence electrons. The molecular weight excluding hydrogens is 365 g/mol. The topological polar surface area (TPSA) is 68.2 Å². The summed E-state index contributed by atoms with van der Waals surface area (Å²) >= 11 is 0. The van der Waals surface area contributed by atoms with Crippen molar-refractivity contribution in [1.82, 2.24) is 14.9 Å². The molecule has 1 aromatic rings. The van der Waals surface area contributed by atoms with E-state index in [0.717, 1.165) is 12.4 Å². The predicted octanol–water partition coefficient (Wildman–Crippen LogP) is 2.50. The van der Waals surface area contributed by atoms with Crippen LogP contribution in [0.5, 0.6) is 0 Å². The second-order valence-corrected chi connectivity index (χ2v) is 5.72. The Kier molecular flexibility index (Phi) is 7.32. The van der Waals surface area contributed by atoms with Gasteiger partial charge < -0.3 is 15.6 Å². The third-order valence-corrected chi connectivity index (χ3v) is 3.46. The quantitative estimate of drug-likeness (QED) is 0.461. The SMILES string of the molecule is CC(C)Cn1ccnc1CN=C(N)NC1CCCC1.I. The number of imidazole rings is 1. The largest absolute Gasteiger partial charge is 0.370 e. The highest BCUT2D eigenvalue weighted by Gasteiger charge is 2.14. The van der Waals surface area contributed by atoms with E-state index in [1.54, 1.807) is 0 Å². The summed E-state index contributed by atoms with van der Waals surface area (Å²) in [5.74, 6) is 2.13. The van der Waals surface area contributed by atoms with E-state index in [1.165, 1.54) is 25.7 Å². The van der Waals surface area contributed by atoms with Crippen LogP contribution in [0.1, 0.15) is 45.4 Å². The fourth-order valence-corrected chi connectivity index (χ4v) is 2.53. The molecule has 5 nitrogen and oxygen atoms in total. The van der Waals surface area contributed by atoms with Crippen LogP contribution >= 0.6 is 24.0 Å². The summed E-state index contributed by atoms with van der Waals surface area (Å²) < 4.78 is 2.15. The first-order valence-corrected chi connectivity index (χ1v) is 7.21. The molecule has 1 aliphatic carbocycles. The summed E-state index contributed by atoms with van der Waals surface area (Å²) in [5, 5.41) is 3.29. The van der Waals surface area contributed by atoms with E-state index in [-0.39, 0.29) is 24.0 Å². The van der Waals surface area contributed by atoms with E-state index in [2.05, 4.69) is 33.7 Å². The van der Waals surface area contributed by atoms with Gasteiger partial charge in [0.2, 0.25) is 0 Å². The normalized spacial score (nSPS) is 16.4. The number of nitrogens with zero attached hydrogens (tertiary/aromatic N) is 3. The van der Waals surface area contributed by atoms with Gasteiger partial charge >= 0.3 is 0 Å². The lowest BCUT2D eigenvalue weighted by Gasteiger charge is -2.12. The molecule has 0 radical (unpaired) electrons. The maximum atomic E-state index is 5.92. The molecule has 0 spiro atoms. The number of hydrogen-bond acceptors (Lipinski definition) is 2. The Hall–Kier alpha value is -0.790. The molecule has 0 aromatic carbocycles. The van der Waals surface area contributed by atoms with E-state index in [9.17, 15) is 0 Å². The molecule has 0 amide bonds. The van der Waals surface area contributed by atoms with Gasteiger partial charge in [-0.2, -0.15) is 0 Å². The number of aliphatic imine (C=N–C) groups is 1. The number of halogens is 1. The van der Waals surface area contributed by atoms with E-state index in [0.29, 0.717) is 24.5 Å². The van der Waals surface area contributed by atoms with Crippen LogP contribution < -0.4 is 11.1 Å². The van der Waals surface area contributed by atoms with Crippen molar-refractivity contribution in [3.8, 4) is 0 Å². The van der Waals surface area contributed by atoms with Gasteiger partial charge in [-0.1, -0.05) is 26.7 Å². The Morgan fingerprint density at radius 1 is 1.50 bits per heavy atom. The van der Waals surface area contributed by atoms with Gasteiger partial charge in [-0.05, 0) is 18.8 Å². The number of aromatic nitrogens is 2. The van der Waals surface area contributed by atoms with Gasteiger partial charge in [0.25, 0.3) is 0 Å². The summed E-state index contributed by atoms with van der Waals surface area (Å²) in [4.78, 5) is 8.74. The highest BCUT2D eigenvalue weighted by molar-refractivity contribution is 14.0. The van der Waals surface area contributed by atoms with Gasteiger partial charge in [0, 0.05) is 25.0 Å². The van der Waals surface area contributed by atoms with Crippen molar-refractivity contribution in [3.63, 3.8) is 0 Å². The molecule has 1 aromatic heterocycles. The van der Waals surface area contributed by atoms with Crippen LogP contribution in [0.2, 0.25) is 0 Å². The van der Waals surface area contributed by atoms with E-state index in [1.807, 2.05) is 12.4 Å². The van der Waals surface area contributed by atoms with Gasteiger partial charge in [-0.15, -0.1) is 24.0 Å². The molecule has 0 unspecified atom stereocenters. The van der Waals surface area contributed by atoms with E-state index >= 15 is 0 Å². The molecule has 1 heterocycles. The molecule has 0 saturated heterocycles. The monoisotopic (exact) mass is 391 g/mol. The van der Waals surface area contributed by atoms with Gasteiger partial charge in [0.15, 0.2) is 5.96 Å². The summed E-state index contributed by atoms with van der Waals surface area (Å²) in [6.07, 6.45) is 8.84. The zero-order chi connectivity index (χ0) is 13.7. The zero-order valence-corrected chi connectivity index (χ0v) is 14.7. The summed E-state index contributed by atoms with van der Waals surface area (Å²) in [7, 11) is 0. The molecule has 6 heteroatoms. The first kappa shape index (κ1) is 17.3. The lowest BCUT2D eigenvalue weighted by Crippen LogP contribution is -2.38. The second-order valence-electron chi connectivity index (χ2n) is 5.72. The molecule has 1 fully saturated rings. The Morgan fingerprint density at radius 2 is 2.20 bits per heavy atom. The standard InChI is InChI=1S/C14H25N5.HI/c1-11(2)10-19-8-7-16-13(19)9-17-14(15)18-12-5-3-4-6-12;/h7-8,11-12H,3-6,9-10H2,1-2H3,(H3,15,17,18);1H. The lowest BCUT2D eigenvalue weighted by atomic mass is 10.2. The molecule has 0 bridgehead atoms. The molecule has 0 atom stereocenters. The Morgan fingerprint density at radius 3 is 2.85 bits per heavy atom. The van der Waals surface area contributed by atoms with E-state index < -0.39 is 0 Å². The van der Waals surface area contributed by atoms with Gasteiger partial charge in [-0.3, -0.25) is 0 Å². The average Bonchev–Trinajstić information content (AvgIpc) is 2.97. The third kappa shape index (κ3) is 5.30. The minimum atomic E-state index is 0. The number of guanidine groups is 1. The first-order valence-electron chi connectivity index (χ1n) is 7.21. The number of rotatable bonds is 5. The van der Waals surface area contributed by atoms with Crippen molar-refractivity contribution >= 4 is 29.9 Å². The number of hydrogen-bond donors (Lipinski definition) is 2. The Balaban J connectivity index is 0.00000200. The third-order valence-electron chi connectivity index (χ3n) is 3.46. The van der Waals surface area contributed by atoms with Gasteiger partial charge in [0.05, 0.1) is 0 Å². The Bertz CT molecular complexity index is 421. The molecule has 3 N–H and O–H groups in total. The fourth-order valence-electron chi connectivity index (χ4n) is 2.53. The number of nitrogens with two attached hydrogens (primary N) is 1. The molecule has 1 aliphatic rings. The van der Waals surface area contributed by atoms with Crippen molar-refractivity contribution in [1.29, 1.82) is 0 Å². The fraction of sp³-hybridized carbons (Fsp3) is 0.714. The van der Waals surface area contributed by atoms with Crippen LogP contribution in [0, 0.1) is 5.92 Å². The lowest BCUT2D eigenvalue weighted by molar-refractivity contribution is 0.507. The average molecular weight is 391 g/mol. The van der Waals surface area contributed by atoms with Crippen molar-refractivity contribution in [2.24, 2.45) is 16.6 Å². The predicted molar refractivity (Wildman–Crippen MR) is 93.2 cm³/mol. The summed E-state index contributed by atoms with van der Waals surface area (Å²) in [5.41, 5.74) is 5.92.